The quantitative estimate of drug-likeness (QED) is 0.491. The fraction of sp³-hybridized carbons (Fsp3) is 0.214. The fourth-order valence-electron chi connectivity index (χ4n) is 1.57. The first-order valence-corrected chi connectivity index (χ1v) is 8.60. The minimum atomic E-state index is 0.407. The Kier molecular flexibility index (Phi) is 4.50. The summed E-state index contributed by atoms with van der Waals surface area (Å²) < 4.78 is 1.44. The van der Waals surface area contributed by atoms with Crippen molar-refractivity contribution in [3.8, 4) is 11.8 Å². The number of hydrogen-bond donors (Lipinski definition) is 0. The molecule has 0 aliphatic carbocycles. The summed E-state index contributed by atoms with van der Waals surface area (Å²) in [5.74, 6) is 6.13. The molecule has 0 N–H and O–H groups in total. The van der Waals surface area contributed by atoms with Crippen LogP contribution < -0.4 is 4.46 Å². The van der Waals surface area contributed by atoms with Crippen LogP contribution in [0.5, 0.6) is 0 Å². The Labute approximate surface area is 113 Å². The molecular weight excluding hydrogens is 293 g/mol. The van der Waals surface area contributed by atoms with Gasteiger partial charge < -0.3 is 0 Å². The van der Waals surface area contributed by atoms with Crippen molar-refractivity contribution in [3.05, 3.63) is 30.5 Å². The summed E-state index contributed by atoms with van der Waals surface area (Å²) in [7, 11) is 0. The number of pyridine rings is 1. The van der Waals surface area contributed by atoms with E-state index in [0.717, 1.165) is 10.8 Å². The second-order valence-corrected chi connectivity index (χ2v) is 6.30. The van der Waals surface area contributed by atoms with Crippen molar-refractivity contribution in [1.82, 2.24) is 4.98 Å². The van der Waals surface area contributed by atoms with Crippen LogP contribution in [-0.4, -0.2) is 26.2 Å². The van der Waals surface area contributed by atoms with Crippen LogP contribution in [0.2, 0.25) is 5.32 Å². The number of rotatable bonds is 3. The number of hydrogen-bond acceptors (Lipinski definition) is 2. The van der Waals surface area contributed by atoms with E-state index in [2.05, 4.69) is 41.3 Å². The normalized spacial score (nSPS) is 10.0. The van der Waals surface area contributed by atoms with Crippen LogP contribution in [0.1, 0.15) is 6.92 Å². The number of aromatic nitrogens is 1. The Morgan fingerprint density at radius 1 is 1.35 bits per heavy atom. The Bertz CT molecular complexity index is 584. The molecule has 0 aliphatic rings. The van der Waals surface area contributed by atoms with E-state index < -0.39 is 0 Å². The number of para-hydroxylation sites is 1. The van der Waals surface area contributed by atoms with Gasteiger partial charge in [0.15, 0.2) is 0 Å². The predicted octanol–water partition coefficient (Wildman–Crippen LogP) is 2.73. The molecule has 1 nitrogen and oxygen atoms in total. The van der Waals surface area contributed by atoms with E-state index in [1.54, 1.807) is 11.8 Å². The standard InChI is InChI=1S/C14H13NSSe/c1-3-4-9-17-14-11-7-5-6-8-12(11)15-10-13(14)16-2/h5-8,10H,9H2,1-2H3. The zero-order chi connectivity index (χ0) is 12.1. The van der Waals surface area contributed by atoms with Crippen molar-refractivity contribution in [2.24, 2.45) is 0 Å². The van der Waals surface area contributed by atoms with Crippen LogP contribution in [0.15, 0.2) is 35.4 Å². The van der Waals surface area contributed by atoms with Gasteiger partial charge in [0.25, 0.3) is 0 Å². The zero-order valence-corrected chi connectivity index (χ0v) is 12.4. The average molecular weight is 306 g/mol. The van der Waals surface area contributed by atoms with Crippen molar-refractivity contribution < 1.29 is 0 Å². The van der Waals surface area contributed by atoms with Gasteiger partial charge in [0.05, 0.1) is 0 Å². The van der Waals surface area contributed by atoms with Gasteiger partial charge in [0, 0.05) is 0 Å². The van der Waals surface area contributed by atoms with Crippen LogP contribution in [-0.2, 0) is 0 Å². The molecule has 86 valence electrons. The summed E-state index contributed by atoms with van der Waals surface area (Å²) in [6.07, 6.45) is 4.10. The second-order valence-electron chi connectivity index (χ2n) is 3.39. The van der Waals surface area contributed by atoms with E-state index in [-0.39, 0.29) is 0 Å². The first kappa shape index (κ1) is 12.5. The van der Waals surface area contributed by atoms with Gasteiger partial charge in [-0.2, -0.15) is 0 Å². The topological polar surface area (TPSA) is 12.9 Å². The molecule has 0 saturated heterocycles. The van der Waals surface area contributed by atoms with Gasteiger partial charge in [-0.3, -0.25) is 0 Å². The van der Waals surface area contributed by atoms with Crippen molar-refractivity contribution in [2.75, 3.05) is 6.26 Å². The molecule has 0 unspecified atom stereocenters. The third-order valence-electron chi connectivity index (χ3n) is 2.38. The van der Waals surface area contributed by atoms with Crippen molar-refractivity contribution in [1.29, 1.82) is 0 Å². The number of fused-ring (bicyclic) bond motifs is 1. The first-order chi connectivity index (χ1) is 8.36. The van der Waals surface area contributed by atoms with Gasteiger partial charge in [-0.1, -0.05) is 0 Å². The van der Waals surface area contributed by atoms with E-state index in [0.29, 0.717) is 15.0 Å². The van der Waals surface area contributed by atoms with Crippen LogP contribution in [0.4, 0.5) is 0 Å². The van der Waals surface area contributed by atoms with Crippen molar-refractivity contribution >= 4 is 42.1 Å². The Morgan fingerprint density at radius 3 is 2.94 bits per heavy atom. The second kappa shape index (κ2) is 6.12. The van der Waals surface area contributed by atoms with Crippen LogP contribution in [0.25, 0.3) is 10.9 Å². The fourth-order valence-corrected chi connectivity index (χ4v) is 4.71. The molecule has 0 fully saturated rings. The van der Waals surface area contributed by atoms with Crippen LogP contribution >= 0.6 is 11.8 Å². The number of benzene rings is 1. The van der Waals surface area contributed by atoms with Crippen molar-refractivity contribution in [2.45, 2.75) is 17.1 Å². The first-order valence-electron chi connectivity index (χ1n) is 5.31. The maximum absolute atomic E-state index is 4.49. The van der Waals surface area contributed by atoms with Gasteiger partial charge in [0.1, 0.15) is 0 Å². The monoisotopic (exact) mass is 307 g/mol. The van der Waals surface area contributed by atoms with Gasteiger partial charge in [0.2, 0.25) is 0 Å². The SMILES string of the molecule is CC#CC[Se]c1c(SC)cnc2ccccc12. The summed E-state index contributed by atoms with van der Waals surface area (Å²) in [4.78, 5) is 5.79. The van der Waals surface area contributed by atoms with Crippen LogP contribution in [0.3, 0.4) is 0 Å². The molecule has 0 spiro atoms. The summed E-state index contributed by atoms with van der Waals surface area (Å²) >= 11 is 2.18. The molecule has 0 amide bonds. The van der Waals surface area contributed by atoms with Gasteiger partial charge >= 0.3 is 113 Å². The summed E-state index contributed by atoms with van der Waals surface area (Å²) in [5, 5.41) is 2.27. The van der Waals surface area contributed by atoms with Gasteiger partial charge in [-0.25, -0.2) is 0 Å². The molecule has 3 heteroatoms. The van der Waals surface area contributed by atoms with Gasteiger partial charge in [-0.15, -0.1) is 0 Å². The predicted molar refractivity (Wildman–Crippen MR) is 77.2 cm³/mol. The Balaban J connectivity index is 2.49. The van der Waals surface area contributed by atoms with E-state index in [9.17, 15) is 0 Å². The molecule has 1 aromatic heterocycles. The molecule has 0 aliphatic heterocycles. The van der Waals surface area contributed by atoms with E-state index >= 15 is 0 Å². The molecule has 17 heavy (non-hydrogen) atoms. The van der Waals surface area contributed by atoms with Crippen LogP contribution in [0, 0.1) is 11.8 Å². The summed E-state index contributed by atoms with van der Waals surface area (Å²) in [5.41, 5.74) is 1.09. The molecular formula is C14H13NSSe. The molecule has 0 saturated carbocycles. The molecule has 1 heterocycles. The molecule has 0 atom stereocenters. The zero-order valence-electron chi connectivity index (χ0n) is 9.86. The third kappa shape index (κ3) is 2.84. The molecule has 0 radical (unpaired) electrons. The summed E-state index contributed by atoms with van der Waals surface area (Å²) in [6, 6.07) is 8.36. The molecule has 0 bridgehead atoms. The van der Waals surface area contributed by atoms with E-state index in [1.165, 1.54) is 14.7 Å². The minimum absolute atomic E-state index is 0.407. The average Bonchev–Trinajstić information content (AvgIpc) is 2.39. The maximum atomic E-state index is 4.49. The van der Waals surface area contributed by atoms with E-state index in [1.807, 2.05) is 19.2 Å². The third-order valence-corrected chi connectivity index (χ3v) is 5.55. The Hall–Kier alpha value is -0.941. The number of nitrogens with zero attached hydrogens (tertiary/aromatic N) is 1. The Morgan fingerprint density at radius 2 is 2.18 bits per heavy atom. The number of thioether (sulfide) groups is 1. The molecule has 1 aromatic carbocycles. The summed E-state index contributed by atoms with van der Waals surface area (Å²) in [6.45, 7) is 1.90. The molecule has 2 rings (SSSR count). The van der Waals surface area contributed by atoms with Crippen molar-refractivity contribution in [3.63, 3.8) is 0 Å². The molecule has 2 aromatic rings. The van der Waals surface area contributed by atoms with Gasteiger partial charge in [-0.05, 0) is 0 Å². The van der Waals surface area contributed by atoms with E-state index in [4.69, 9.17) is 0 Å².